The van der Waals surface area contributed by atoms with Crippen LogP contribution in [0.3, 0.4) is 0 Å². The van der Waals surface area contributed by atoms with E-state index < -0.39 is 6.10 Å². The number of ether oxygens (including phenoxy) is 1. The van der Waals surface area contributed by atoms with Crippen LogP contribution in [0, 0.1) is 0 Å². The molecule has 0 saturated heterocycles. The molecule has 19 heavy (non-hydrogen) atoms. The van der Waals surface area contributed by atoms with Gasteiger partial charge in [-0.1, -0.05) is 11.6 Å². The van der Waals surface area contributed by atoms with Crippen molar-refractivity contribution in [2.45, 2.75) is 19.4 Å². The summed E-state index contributed by atoms with van der Waals surface area (Å²) in [5, 5.41) is 10.3. The summed E-state index contributed by atoms with van der Waals surface area (Å²) in [4.78, 5) is 4.23. The Hall–Kier alpha value is -1.52. The quantitative estimate of drug-likeness (QED) is 0.916. The number of hydrogen-bond donors (Lipinski definition) is 1. The maximum absolute atomic E-state index is 9.70. The minimum atomic E-state index is -0.609. The fraction of sp³-hybridized carbons (Fsp3) is 0.357. The first-order valence-corrected chi connectivity index (χ1v) is 6.52. The number of nitrogens with zero attached hydrogens (tertiary/aromatic N) is 2. The SMILES string of the molecule is CC(O)c1cc(Cl)ccc1OCCc1nccn1C. The highest BCUT2D eigenvalue weighted by molar-refractivity contribution is 6.30. The first-order chi connectivity index (χ1) is 9.08. The molecule has 1 N–H and O–H groups in total. The highest BCUT2D eigenvalue weighted by Gasteiger charge is 2.10. The van der Waals surface area contributed by atoms with E-state index in [9.17, 15) is 5.11 Å². The average molecular weight is 281 g/mol. The van der Waals surface area contributed by atoms with E-state index in [1.54, 1.807) is 31.3 Å². The molecule has 102 valence electrons. The Labute approximate surface area is 117 Å². The molecule has 0 aliphatic rings. The van der Waals surface area contributed by atoms with Crippen molar-refractivity contribution >= 4 is 11.6 Å². The fourth-order valence-corrected chi connectivity index (χ4v) is 2.05. The number of aliphatic hydroxyl groups excluding tert-OH is 1. The largest absolute Gasteiger partial charge is 0.493 e. The molecule has 0 bridgehead atoms. The van der Waals surface area contributed by atoms with Gasteiger partial charge in [0.25, 0.3) is 0 Å². The molecule has 1 aromatic heterocycles. The molecular weight excluding hydrogens is 264 g/mol. The molecule has 1 unspecified atom stereocenters. The molecule has 0 radical (unpaired) electrons. The monoisotopic (exact) mass is 280 g/mol. The number of aryl methyl sites for hydroxylation is 1. The van der Waals surface area contributed by atoms with Crippen LogP contribution >= 0.6 is 11.6 Å². The molecule has 0 aliphatic heterocycles. The van der Waals surface area contributed by atoms with E-state index in [-0.39, 0.29) is 0 Å². The average Bonchev–Trinajstić information content (AvgIpc) is 2.77. The summed E-state index contributed by atoms with van der Waals surface area (Å²) < 4.78 is 7.67. The number of aromatic nitrogens is 2. The molecule has 2 rings (SSSR count). The summed E-state index contributed by atoms with van der Waals surface area (Å²) in [7, 11) is 1.95. The van der Waals surface area contributed by atoms with Crippen molar-refractivity contribution in [3.05, 3.63) is 47.0 Å². The number of imidazole rings is 1. The van der Waals surface area contributed by atoms with Crippen LogP contribution in [0.1, 0.15) is 24.4 Å². The predicted molar refractivity (Wildman–Crippen MR) is 74.5 cm³/mol. The van der Waals surface area contributed by atoms with Gasteiger partial charge in [0.1, 0.15) is 11.6 Å². The zero-order valence-corrected chi connectivity index (χ0v) is 11.8. The third-order valence-electron chi connectivity index (χ3n) is 2.93. The van der Waals surface area contributed by atoms with Crippen LogP contribution in [0.25, 0.3) is 0 Å². The standard InChI is InChI=1S/C14H17ClN2O2/c1-10(18)12-9-11(15)3-4-13(12)19-8-5-14-16-6-7-17(14)2/h3-4,6-7,9-10,18H,5,8H2,1-2H3. The van der Waals surface area contributed by atoms with Gasteiger partial charge in [-0.15, -0.1) is 0 Å². The molecule has 1 aromatic carbocycles. The first kappa shape index (κ1) is 13.9. The summed E-state index contributed by atoms with van der Waals surface area (Å²) in [6.45, 7) is 2.20. The number of aliphatic hydroxyl groups is 1. The van der Waals surface area contributed by atoms with Crippen molar-refractivity contribution in [2.24, 2.45) is 7.05 Å². The van der Waals surface area contributed by atoms with Gasteiger partial charge in [-0.05, 0) is 25.1 Å². The van der Waals surface area contributed by atoms with Gasteiger partial charge in [-0.3, -0.25) is 0 Å². The van der Waals surface area contributed by atoms with Crippen LogP contribution in [0.5, 0.6) is 5.75 Å². The lowest BCUT2D eigenvalue weighted by Gasteiger charge is -2.13. The van der Waals surface area contributed by atoms with Gasteiger partial charge in [0, 0.05) is 36.4 Å². The Morgan fingerprint density at radius 3 is 2.89 bits per heavy atom. The minimum absolute atomic E-state index is 0.506. The number of hydrogen-bond acceptors (Lipinski definition) is 3. The normalized spacial score (nSPS) is 12.4. The third kappa shape index (κ3) is 3.49. The highest BCUT2D eigenvalue weighted by atomic mass is 35.5. The zero-order chi connectivity index (χ0) is 13.8. The molecule has 1 atom stereocenters. The van der Waals surface area contributed by atoms with E-state index in [4.69, 9.17) is 16.3 Å². The van der Waals surface area contributed by atoms with Crippen LogP contribution in [-0.2, 0) is 13.5 Å². The second-order valence-corrected chi connectivity index (χ2v) is 4.85. The molecule has 0 aliphatic carbocycles. The topological polar surface area (TPSA) is 47.3 Å². The Kier molecular flexibility index (Phi) is 4.45. The van der Waals surface area contributed by atoms with Gasteiger partial charge in [0.05, 0.1) is 12.7 Å². The molecule has 0 spiro atoms. The summed E-state index contributed by atoms with van der Waals surface area (Å²) in [6.07, 6.45) is 3.77. The smallest absolute Gasteiger partial charge is 0.125 e. The fourth-order valence-electron chi connectivity index (χ4n) is 1.87. The van der Waals surface area contributed by atoms with Crippen molar-refractivity contribution < 1.29 is 9.84 Å². The summed E-state index contributed by atoms with van der Waals surface area (Å²) >= 11 is 5.92. The molecular formula is C14H17ClN2O2. The van der Waals surface area contributed by atoms with E-state index in [0.717, 1.165) is 5.82 Å². The van der Waals surface area contributed by atoms with Crippen LogP contribution in [0.15, 0.2) is 30.6 Å². The van der Waals surface area contributed by atoms with Gasteiger partial charge in [0.15, 0.2) is 0 Å². The van der Waals surface area contributed by atoms with Crippen molar-refractivity contribution in [3.8, 4) is 5.75 Å². The lowest BCUT2D eigenvalue weighted by atomic mass is 10.1. The molecule has 0 fully saturated rings. The summed E-state index contributed by atoms with van der Waals surface area (Å²) in [5.74, 6) is 1.63. The molecule has 1 heterocycles. The number of rotatable bonds is 5. The van der Waals surface area contributed by atoms with Crippen LogP contribution in [0.4, 0.5) is 0 Å². The van der Waals surface area contributed by atoms with E-state index in [0.29, 0.717) is 29.4 Å². The Morgan fingerprint density at radius 2 is 2.26 bits per heavy atom. The van der Waals surface area contributed by atoms with E-state index in [1.807, 2.05) is 17.8 Å². The lowest BCUT2D eigenvalue weighted by molar-refractivity contribution is 0.191. The zero-order valence-electron chi connectivity index (χ0n) is 11.0. The van der Waals surface area contributed by atoms with Gasteiger partial charge in [-0.2, -0.15) is 0 Å². The minimum Gasteiger partial charge on any atom is -0.493 e. The van der Waals surface area contributed by atoms with E-state index >= 15 is 0 Å². The van der Waals surface area contributed by atoms with E-state index in [1.165, 1.54) is 0 Å². The molecule has 0 saturated carbocycles. The Bertz CT molecular complexity index is 552. The molecule has 0 amide bonds. The lowest BCUT2D eigenvalue weighted by Crippen LogP contribution is -2.08. The maximum Gasteiger partial charge on any atom is 0.125 e. The second kappa shape index (κ2) is 6.08. The summed E-state index contributed by atoms with van der Waals surface area (Å²) in [6, 6.07) is 5.26. The van der Waals surface area contributed by atoms with Crippen LogP contribution < -0.4 is 4.74 Å². The van der Waals surface area contributed by atoms with Gasteiger partial charge in [0.2, 0.25) is 0 Å². The van der Waals surface area contributed by atoms with Gasteiger partial charge in [-0.25, -0.2) is 4.98 Å². The molecule has 5 heteroatoms. The van der Waals surface area contributed by atoms with Gasteiger partial charge >= 0.3 is 0 Å². The van der Waals surface area contributed by atoms with Crippen LogP contribution in [-0.4, -0.2) is 21.3 Å². The third-order valence-corrected chi connectivity index (χ3v) is 3.16. The Morgan fingerprint density at radius 1 is 1.47 bits per heavy atom. The van der Waals surface area contributed by atoms with E-state index in [2.05, 4.69) is 4.98 Å². The highest BCUT2D eigenvalue weighted by Crippen LogP contribution is 2.28. The number of benzene rings is 1. The molecule has 2 aromatic rings. The van der Waals surface area contributed by atoms with Crippen molar-refractivity contribution in [1.29, 1.82) is 0 Å². The van der Waals surface area contributed by atoms with Crippen molar-refractivity contribution in [2.75, 3.05) is 6.61 Å². The first-order valence-electron chi connectivity index (χ1n) is 6.14. The maximum atomic E-state index is 9.70. The Balaban J connectivity index is 2.01. The summed E-state index contributed by atoms with van der Waals surface area (Å²) in [5.41, 5.74) is 0.701. The number of halogens is 1. The van der Waals surface area contributed by atoms with Crippen molar-refractivity contribution in [3.63, 3.8) is 0 Å². The van der Waals surface area contributed by atoms with Crippen molar-refractivity contribution in [1.82, 2.24) is 9.55 Å². The second-order valence-electron chi connectivity index (χ2n) is 4.41. The predicted octanol–water partition coefficient (Wildman–Crippen LogP) is 2.75. The van der Waals surface area contributed by atoms with Gasteiger partial charge < -0.3 is 14.4 Å². The van der Waals surface area contributed by atoms with Crippen LogP contribution in [0.2, 0.25) is 5.02 Å². The molecule has 4 nitrogen and oxygen atoms in total.